The first-order valence-corrected chi connectivity index (χ1v) is 8.51. The minimum atomic E-state index is -0.527. The Hall–Kier alpha value is -3.55. The number of hydrogen-bond acceptors (Lipinski definition) is 7. The van der Waals surface area contributed by atoms with Crippen LogP contribution in [-0.2, 0) is 4.74 Å². The van der Waals surface area contributed by atoms with Crippen LogP contribution in [-0.4, -0.2) is 42.1 Å². The van der Waals surface area contributed by atoms with E-state index in [1.807, 2.05) is 25.9 Å². The molecule has 0 saturated carbocycles. The maximum Gasteiger partial charge on any atom is 0.341 e. The Morgan fingerprint density at radius 1 is 1.21 bits per heavy atom. The van der Waals surface area contributed by atoms with E-state index in [0.29, 0.717) is 22.8 Å². The molecule has 1 aromatic carbocycles. The lowest BCUT2D eigenvalue weighted by Gasteiger charge is -2.19. The number of rotatable bonds is 5. The highest BCUT2D eigenvalue weighted by Gasteiger charge is 2.17. The topological polar surface area (TPSA) is 80.2 Å². The van der Waals surface area contributed by atoms with Gasteiger partial charge in [-0.2, -0.15) is 0 Å². The Morgan fingerprint density at radius 3 is 2.71 bits per heavy atom. The first-order valence-electron chi connectivity index (χ1n) is 8.51. The van der Waals surface area contributed by atoms with E-state index in [9.17, 15) is 9.18 Å². The van der Waals surface area contributed by atoms with Gasteiger partial charge in [0.15, 0.2) is 11.6 Å². The van der Waals surface area contributed by atoms with Crippen LogP contribution in [0.1, 0.15) is 15.9 Å². The molecule has 0 unspecified atom stereocenters. The third kappa shape index (κ3) is 3.90. The van der Waals surface area contributed by atoms with E-state index in [-0.39, 0.29) is 11.4 Å². The van der Waals surface area contributed by atoms with Gasteiger partial charge in [-0.05, 0) is 25.1 Å². The van der Waals surface area contributed by atoms with Gasteiger partial charge in [-0.1, -0.05) is 11.6 Å². The second-order valence-electron chi connectivity index (χ2n) is 6.34. The van der Waals surface area contributed by atoms with Crippen LogP contribution in [0.3, 0.4) is 0 Å². The molecule has 0 fully saturated rings. The summed E-state index contributed by atoms with van der Waals surface area (Å²) in [4.78, 5) is 26.6. The van der Waals surface area contributed by atoms with Crippen LogP contribution in [0.5, 0.6) is 0 Å². The number of halogens is 1. The molecule has 0 aliphatic heterocycles. The Bertz CT molecular complexity index is 1020. The lowest BCUT2D eigenvalue weighted by atomic mass is 10.1. The number of carbonyl (C=O) groups excluding carboxylic acids is 1. The van der Waals surface area contributed by atoms with Crippen molar-refractivity contribution < 1.29 is 13.9 Å². The minimum absolute atomic E-state index is 0.239. The van der Waals surface area contributed by atoms with Crippen molar-refractivity contribution in [3.63, 3.8) is 0 Å². The fourth-order valence-corrected chi connectivity index (χ4v) is 2.64. The van der Waals surface area contributed by atoms with Gasteiger partial charge >= 0.3 is 5.97 Å². The molecule has 2 heterocycles. The monoisotopic (exact) mass is 381 g/mol. The van der Waals surface area contributed by atoms with Crippen molar-refractivity contribution in [1.82, 2.24) is 15.0 Å². The summed E-state index contributed by atoms with van der Waals surface area (Å²) in [5.41, 5.74) is 2.60. The molecule has 3 aromatic rings. The highest BCUT2D eigenvalue weighted by atomic mass is 19.1. The van der Waals surface area contributed by atoms with E-state index in [1.165, 1.54) is 19.4 Å². The molecule has 0 saturated heterocycles. The Labute approximate surface area is 162 Å². The smallest absolute Gasteiger partial charge is 0.341 e. The van der Waals surface area contributed by atoms with Crippen molar-refractivity contribution in [2.45, 2.75) is 6.92 Å². The van der Waals surface area contributed by atoms with Gasteiger partial charge < -0.3 is 15.0 Å². The van der Waals surface area contributed by atoms with Gasteiger partial charge in [0, 0.05) is 26.5 Å². The number of anilines is 3. The number of pyridine rings is 1. The summed E-state index contributed by atoms with van der Waals surface area (Å²) in [6.45, 7) is 1.87. The highest BCUT2D eigenvalue weighted by Crippen LogP contribution is 2.30. The average molecular weight is 381 g/mol. The average Bonchev–Trinajstić information content (AvgIpc) is 2.69. The highest BCUT2D eigenvalue weighted by molar-refractivity contribution is 5.96. The van der Waals surface area contributed by atoms with Gasteiger partial charge in [0.2, 0.25) is 0 Å². The molecule has 0 spiro atoms. The van der Waals surface area contributed by atoms with E-state index < -0.39 is 11.8 Å². The van der Waals surface area contributed by atoms with Crippen molar-refractivity contribution in [3.8, 4) is 11.4 Å². The molecular weight excluding hydrogens is 361 g/mol. The molecule has 3 rings (SSSR count). The number of ether oxygens (including phenoxy) is 1. The van der Waals surface area contributed by atoms with Crippen LogP contribution in [0.2, 0.25) is 0 Å². The summed E-state index contributed by atoms with van der Waals surface area (Å²) in [5, 5.41) is 3.13. The van der Waals surface area contributed by atoms with E-state index in [4.69, 9.17) is 4.74 Å². The summed E-state index contributed by atoms with van der Waals surface area (Å²) < 4.78 is 19.1. The van der Waals surface area contributed by atoms with E-state index in [1.54, 1.807) is 30.6 Å². The van der Waals surface area contributed by atoms with Crippen LogP contribution in [0, 0.1) is 12.7 Å². The fourth-order valence-electron chi connectivity index (χ4n) is 2.64. The summed E-state index contributed by atoms with van der Waals surface area (Å²) in [6, 6.07) is 6.40. The zero-order chi connectivity index (χ0) is 20.3. The second-order valence-corrected chi connectivity index (χ2v) is 6.34. The molecule has 1 N–H and O–H groups in total. The van der Waals surface area contributed by atoms with Gasteiger partial charge in [-0.25, -0.2) is 19.2 Å². The number of aryl methyl sites for hydroxylation is 1. The minimum Gasteiger partial charge on any atom is -0.465 e. The lowest BCUT2D eigenvalue weighted by Crippen LogP contribution is -2.14. The molecule has 0 aliphatic carbocycles. The van der Waals surface area contributed by atoms with Crippen molar-refractivity contribution >= 4 is 23.2 Å². The zero-order valence-electron chi connectivity index (χ0n) is 16.0. The van der Waals surface area contributed by atoms with Gasteiger partial charge in [0.1, 0.15) is 11.4 Å². The third-order valence-electron chi connectivity index (χ3n) is 4.09. The number of benzene rings is 1. The number of nitrogens with zero attached hydrogens (tertiary/aromatic N) is 4. The zero-order valence-corrected chi connectivity index (χ0v) is 16.0. The molecule has 0 amide bonds. The van der Waals surface area contributed by atoms with E-state index in [2.05, 4.69) is 20.3 Å². The standard InChI is InChI=1S/C20H20FN5O2/c1-12-5-6-15(21)13(9-12)18-23-11-17(26(2)3)19(25-18)24-16-7-8-22-10-14(16)20(27)28-4/h5-11H,1-4H3,(H,22,23,24,25). The number of carbonyl (C=O) groups is 1. The summed E-state index contributed by atoms with van der Waals surface area (Å²) in [5.74, 6) is -0.274. The van der Waals surface area contributed by atoms with Gasteiger partial charge in [-0.15, -0.1) is 0 Å². The molecule has 7 nitrogen and oxygen atoms in total. The number of hydrogen-bond donors (Lipinski definition) is 1. The third-order valence-corrected chi connectivity index (χ3v) is 4.09. The molecule has 144 valence electrons. The molecule has 28 heavy (non-hydrogen) atoms. The Kier molecular flexibility index (Phi) is 5.49. The Morgan fingerprint density at radius 2 is 2.00 bits per heavy atom. The predicted octanol–water partition coefficient (Wildman–Crippen LogP) is 3.58. The summed E-state index contributed by atoms with van der Waals surface area (Å²) in [7, 11) is 4.97. The molecule has 0 aliphatic rings. The molecule has 0 radical (unpaired) electrons. The SMILES string of the molecule is COC(=O)c1cnccc1Nc1nc(-c2cc(C)ccc2F)ncc1N(C)C. The largest absolute Gasteiger partial charge is 0.465 e. The second kappa shape index (κ2) is 7.99. The van der Waals surface area contributed by atoms with E-state index in [0.717, 1.165) is 5.56 Å². The quantitative estimate of drug-likeness (QED) is 0.677. The van der Waals surface area contributed by atoms with E-state index >= 15 is 0 Å². The summed E-state index contributed by atoms with van der Waals surface area (Å²) >= 11 is 0. The number of aromatic nitrogens is 3. The number of esters is 1. The fraction of sp³-hybridized carbons (Fsp3) is 0.200. The van der Waals surface area contributed by atoms with Crippen LogP contribution in [0.4, 0.5) is 21.6 Å². The predicted molar refractivity (Wildman–Crippen MR) is 105 cm³/mol. The molecule has 8 heteroatoms. The molecule has 2 aromatic heterocycles. The van der Waals surface area contributed by atoms with Crippen molar-refractivity contribution in [2.75, 3.05) is 31.4 Å². The van der Waals surface area contributed by atoms with Gasteiger partial charge in [-0.3, -0.25) is 4.98 Å². The van der Waals surface area contributed by atoms with Crippen molar-refractivity contribution in [1.29, 1.82) is 0 Å². The van der Waals surface area contributed by atoms with Gasteiger partial charge in [0.05, 0.1) is 30.2 Å². The number of methoxy groups -OCH3 is 1. The lowest BCUT2D eigenvalue weighted by molar-refractivity contribution is 0.0601. The molecule has 0 bridgehead atoms. The van der Waals surface area contributed by atoms with Crippen LogP contribution >= 0.6 is 0 Å². The molecular formula is C20H20FN5O2. The van der Waals surface area contributed by atoms with Crippen molar-refractivity contribution in [3.05, 3.63) is 59.8 Å². The normalized spacial score (nSPS) is 10.5. The molecule has 0 atom stereocenters. The maximum absolute atomic E-state index is 14.3. The summed E-state index contributed by atoms with van der Waals surface area (Å²) in [6.07, 6.45) is 4.56. The first kappa shape index (κ1) is 19.2. The number of nitrogens with one attached hydrogen (secondary N) is 1. The van der Waals surface area contributed by atoms with Crippen LogP contribution < -0.4 is 10.2 Å². The van der Waals surface area contributed by atoms with Crippen molar-refractivity contribution in [2.24, 2.45) is 0 Å². The van der Waals surface area contributed by atoms with Gasteiger partial charge in [0.25, 0.3) is 0 Å². The Balaban J connectivity index is 2.10. The maximum atomic E-state index is 14.3. The van der Waals surface area contributed by atoms with Crippen LogP contribution in [0.15, 0.2) is 42.9 Å². The van der Waals surface area contributed by atoms with Crippen LogP contribution in [0.25, 0.3) is 11.4 Å². The first-order chi connectivity index (χ1) is 13.4.